The Hall–Kier alpha value is -2.90. The maximum Gasteiger partial charge on any atom is 0.271 e. The van der Waals surface area contributed by atoms with Crippen LogP contribution in [0.25, 0.3) is 0 Å². The molecule has 1 N–H and O–H groups in total. The number of rotatable bonds is 3. The minimum Gasteiger partial charge on any atom is -0.321 e. The highest BCUT2D eigenvalue weighted by atomic mass is 19.2. The summed E-state index contributed by atoms with van der Waals surface area (Å²) in [4.78, 5) is 22.0. The summed E-state index contributed by atoms with van der Waals surface area (Å²) in [6, 6.07) is 5.13. The van der Waals surface area contributed by atoms with Gasteiger partial charge in [0.1, 0.15) is 0 Å². The zero-order chi connectivity index (χ0) is 16.4. The van der Waals surface area contributed by atoms with Crippen LogP contribution in [0.2, 0.25) is 0 Å². The zero-order valence-corrected chi connectivity index (χ0v) is 11.2. The number of nitrogens with one attached hydrogen (secondary N) is 1. The van der Waals surface area contributed by atoms with E-state index in [-0.39, 0.29) is 11.4 Å². The van der Waals surface area contributed by atoms with Crippen LogP contribution in [0.1, 0.15) is 15.9 Å². The monoisotopic (exact) mass is 310 g/mol. The first kappa shape index (κ1) is 15.5. The number of halogens is 3. The van der Waals surface area contributed by atoms with Gasteiger partial charge in [0.15, 0.2) is 17.5 Å². The first-order chi connectivity index (χ1) is 10.3. The van der Waals surface area contributed by atoms with Crippen LogP contribution in [0.3, 0.4) is 0 Å². The maximum absolute atomic E-state index is 13.5. The number of nitro benzene ring substituents is 1. The lowest BCUT2D eigenvalue weighted by atomic mass is 10.1. The summed E-state index contributed by atoms with van der Waals surface area (Å²) in [5.74, 6) is -5.84. The van der Waals surface area contributed by atoms with E-state index in [4.69, 9.17) is 0 Å². The SMILES string of the molecule is Cc1ccc([N+](=O)[O-])cc1NC(=O)c1ccc(F)c(F)c1F. The summed E-state index contributed by atoms with van der Waals surface area (Å²) in [7, 11) is 0. The van der Waals surface area contributed by atoms with Gasteiger partial charge in [-0.25, -0.2) is 13.2 Å². The molecule has 0 spiro atoms. The van der Waals surface area contributed by atoms with Crippen LogP contribution in [0.5, 0.6) is 0 Å². The lowest BCUT2D eigenvalue weighted by molar-refractivity contribution is -0.384. The topological polar surface area (TPSA) is 72.2 Å². The molecule has 0 aromatic heterocycles. The highest BCUT2D eigenvalue weighted by molar-refractivity contribution is 6.05. The molecule has 2 rings (SSSR count). The molecule has 2 aromatic carbocycles. The van der Waals surface area contributed by atoms with Crippen molar-refractivity contribution >= 4 is 17.3 Å². The van der Waals surface area contributed by atoms with Crippen LogP contribution in [0, 0.1) is 34.5 Å². The fraction of sp³-hybridized carbons (Fsp3) is 0.0714. The number of benzene rings is 2. The number of hydrogen-bond acceptors (Lipinski definition) is 3. The van der Waals surface area contributed by atoms with Crippen LogP contribution >= 0.6 is 0 Å². The van der Waals surface area contributed by atoms with E-state index in [0.29, 0.717) is 11.6 Å². The van der Waals surface area contributed by atoms with E-state index in [9.17, 15) is 28.1 Å². The first-order valence-corrected chi connectivity index (χ1v) is 6.01. The van der Waals surface area contributed by atoms with Gasteiger partial charge in [0.25, 0.3) is 11.6 Å². The fourth-order valence-electron chi connectivity index (χ4n) is 1.75. The molecule has 0 atom stereocenters. The summed E-state index contributed by atoms with van der Waals surface area (Å²) in [5, 5.41) is 12.9. The van der Waals surface area contributed by atoms with Crippen molar-refractivity contribution in [2.45, 2.75) is 6.92 Å². The number of amides is 1. The first-order valence-electron chi connectivity index (χ1n) is 6.01. The predicted molar refractivity (Wildman–Crippen MR) is 72.1 cm³/mol. The van der Waals surface area contributed by atoms with Crippen LogP contribution in [0.15, 0.2) is 30.3 Å². The molecule has 0 aliphatic carbocycles. The van der Waals surface area contributed by atoms with Crippen molar-refractivity contribution in [1.29, 1.82) is 0 Å². The number of nitro groups is 1. The minimum atomic E-state index is -1.76. The molecule has 0 saturated heterocycles. The Bertz CT molecular complexity index is 778. The van der Waals surface area contributed by atoms with Gasteiger partial charge in [-0.3, -0.25) is 14.9 Å². The van der Waals surface area contributed by atoms with Gasteiger partial charge in [0.05, 0.1) is 16.2 Å². The van der Waals surface area contributed by atoms with E-state index < -0.39 is 33.8 Å². The van der Waals surface area contributed by atoms with Crippen LogP contribution < -0.4 is 5.32 Å². The number of carbonyl (C=O) groups excluding carboxylic acids is 1. The third-order valence-corrected chi connectivity index (χ3v) is 2.96. The summed E-state index contributed by atoms with van der Waals surface area (Å²) >= 11 is 0. The minimum absolute atomic E-state index is 0.0725. The van der Waals surface area contributed by atoms with E-state index in [2.05, 4.69) is 5.32 Å². The standard InChI is InChI=1S/C14H9F3N2O3/c1-7-2-3-8(19(21)22)6-11(7)18-14(20)9-4-5-10(15)13(17)12(9)16/h2-6H,1H3,(H,18,20). The van der Waals surface area contributed by atoms with Gasteiger partial charge in [-0.05, 0) is 24.6 Å². The van der Waals surface area contributed by atoms with Gasteiger partial charge in [-0.1, -0.05) is 6.07 Å². The Balaban J connectivity index is 2.35. The summed E-state index contributed by atoms with van der Waals surface area (Å²) in [6.45, 7) is 1.57. The van der Waals surface area contributed by atoms with Gasteiger partial charge in [-0.2, -0.15) is 0 Å². The molecule has 0 saturated carbocycles. The lowest BCUT2D eigenvalue weighted by Crippen LogP contribution is -2.16. The van der Waals surface area contributed by atoms with Crippen molar-refractivity contribution in [3.8, 4) is 0 Å². The molecule has 114 valence electrons. The van der Waals surface area contributed by atoms with Crippen molar-refractivity contribution in [3.05, 3.63) is 69.0 Å². The van der Waals surface area contributed by atoms with E-state index >= 15 is 0 Å². The van der Waals surface area contributed by atoms with Crippen LogP contribution in [-0.4, -0.2) is 10.8 Å². The Labute approximate surface area is 122 Å². The number of hydrogen-bond donors (Lipinski definition) is 1. The lowest BCUT2D eigenvalue weighted by Gasteiger charge is -2.09. The van der Waals surface area contributed by atoms with Gasteiger partial charge >= 0.3 is 0 Å². The van der Waals surface area contributed by atoms with E-state index in [1.165, 1.54) is 12.1 Å². The molecule has 5 nitrogen and oxygen atoms in total. The molecule has 0 radical (unpaired) electrons. The highest BCUT2D eigenvalue weighted by Gasteiger charge is 2.20. The Morgan fingerprint density at radius 2 is 1.82 bits per heavy atom. The summed E-state index contributed by atoms with van der Waals surface area (Å²) in [5.41, 5.74) is -0.415. The fourth-order valence-corrected chi connectivity index (χ4v) is 1.75. The Kier molecular flexibility index (Phi) is 4.11. The molecule has 0 aliphatic heterocycles. The smallest absolute Gasteiger partial charge is 0.271 e. The Morgan fingerprint density at radius 1 is 1.14 bits per heavy atom. The number of nitrogens with zero attached hydrogens (tertiary/aromatic N) is 1. The molecular weight excluding hydrogens is 301 g/mol. The third kappa shape index (κ3) is 2.90. The largest absolute Gasteiger partial charge is 0.321 e. The zero-order valence-electron chi connectivity index (χ0n) is 11.2. The molecule has 8 heteroatoms. The van der Waals surface area contributed by atoms with Crippen molar-refractivity contribution in [3.63, 3.8) is 0 Å². The number of carbonyl (C=O) groups is 1. The maximum atomic E-state index is 13.5. The molecule has 0 aliphatic rings. The second-order valence-electron chi connectivity index (χ2n) is 4.43. The second-order valence-corrected chi connectivity index (χ2v) is 4.43. The van der Waals surface area contributed by atoms with Gasteiger partial charge in [0, 0.05) is 12.1 Å². The average Bonchev–Trinajstić information content (AvgIpc) is 2.46. The van der Waals surface area contributed by atoms with Gasteiger partial charge < -0.3 is 5.32 Å². The summed E-state index contributed by atoms with van der Waals surface area (Å²) < 4.78 is 39.5. The van der Waals surface area contributed by atoms with Crippen molar-refractivity contribution in [2.75, 3.05) is 5.32 Å². The highest BCUT2D eigenvalue weighted by Crippen LogP contribution is 2.23. The molecular formula is C14H9F3N2O3. The molecule has 22 heavy (non-hydrogen) atoms. The molecule has 1 amide bonds. The molecule has 0 heterocycles. The quantitative estimate of drug-likeness (QED) is 0.535. The van der Waals surface area contributed by atoms with Crippen LogP contribution in [0.4, 0.5) is 24.5 Å². The van der Waals surface area contributed by atoms with Gasteiger partial charge in [0.2, 0.25) is 0 Å². The van der Waals surface area contributed by atoms with Crippen molar-refractivity contribution in [2.24, 2.45) is 0 Å². The average molecular weight is 310 g/mol. The number of anilines is 1. The van der Waals surface area contributed by atoms with E-state index in [0.717, 1.165) is 12.1 Å². The van der Waals surface area contributed by atoms with E-state index in [1.807, 2.05) is 0 Å². The third-order valence-electron chi connectivity index (χ3n) is 2.96. The van der Waals surface area contributed by atoms with Crippen molar-refractivity contribution < 1.29 is 22.9 Å². The molecule has 0 fully saturated rings. The molecule has 0 bridgehead atoms. The Morgan fingerprint density at radius 3 is 2.45 bits per heavy atom. The number of non-ortho nitro benzene ring substituents is 1. The van der Waals surface area contributed by atoms with Crippen molar-refractivity contribution in [1.82, 2.24) is 0 Å². The summed E-state index contributed by atoms with van der Waals surface area (Å²) in [6.07, 6.45) is 0. The normalized spacial score (nSPS) is 10.4. The molecule has 0 unspecified atom stereocenters. The van der Waals surface area contributed by atoms with Gasteiger partial charge in [-0.15, -0.1) is 0 Å². The second kappa shape index (κ2) is 5.84. The number of aryl methyl sites for hydroxylation is 1. The van der Waals surface area contributed by atoms with Crippen LogP contribution in [-0.2, 0) is 0 Å². The van der Waals surface area contributed by atoms with E-state index in [1.54, 1.807) is 6.92 Å². The predicted octanol–water partition coefficient (Wildman–Crippen LogP) is 3.57. The molecule has 2 aromatic rings.